The van der Waals surface area contributed by atoms with Gasteiger partial charge in [0.25, 0.3) is 0 Å². The molecule has 96 valence electrons. The van der Waals surface area contributed by atoms with E-state index in [-0.39, 0.29) is 0 Å². The molecule has 0 radical (unpaired) electrons. The monoisotopic (exact) mass is 257 g/mol. The van der Waals surface area contributed by atoms with Crippen molar-refractivity contribution in [2.45, 2.75) is 32.9 Å². The normalized spacial score (nSPS) is 12.3. The highest BCUT2D eigenvalue weighted by molar-refractivity contribution is 6.32. The highest BCUT2D eigenvalue weighted by Gasteiger charge is 2.11. The lowest BCUT2D eigenvalue weighted by Gasteiger charge is -2.14. The Hall–Kier alpha value is -0.930. The molecule has 0 aliphatic carbocycles. The van der Waals surface area contributed by atoms with Gasteiger partial charge < -0.3 is 14.8 Å². The Bertz CT molecular complexity index is 369. The molecule has 1 aromatic carbocycles. The van der Waals surface area contributed by atoms with Crippen LogP contribution in [0.3, 0.4) is 0 Å². The quantitative estimate of drug-likeness (QED) is 0.849. The van der Waals surface area contributed by atoms with E-state index in [2.05, 4.69) is 19.2 Å². The van der Waals surface area contributed by atoms with Crippen LogP contribution in [0.2, 0.25) is 5.02 Å². The van der Waals surface area contributed by atoms with E-state index >= 15 is 0 Å². The highest BCUT2D eigenvalue weighted by atomic mass is 35.5. The Kier molecular flexibility index (Phi) is 5.59. The van der Waals surface area contributed by atoms with Crippen molar-refractivity contribution in [1.29, 1.82) is 0 Å². The van der Waals surface area contributed by atoms with Crippen LogP contribution in [-0.2, 0) is 6.54 Å². The number of ether oxygens (including phenoxy) is 2. The number of halogens is 1. The van der Waals surface area contributed by atoms with Gasteiger partial charge in [-0.2, -0.15) is 0 Å². The van der Waals surface area contributed by atoms with Gasteiger partial charge in [-0.05, 0) is 31.0 Å². The summed E-state index contributed by atoms with van der Waals surface area (Å²) in [5, 5.41) is 3.99. The molecular weight excluding hydrogens is 238 g/mol. The number of methoxy groups -OCH3 is 2. The van der Waals surface area contributed by atoms with E-state index in [1.54, 1.807) is 14.2 Å². The van der Waals surface area contributed by atoms with Crippen molar-refractivity contribution < 1.29 is 9.47 Å². The molecule has 0 aliphatic heterocycles. The topological polar surface area (TPSA) is 30.5 Å². The number of hydrogen-bond acceptors (Lipinski definition) is 3. The molecule has 1 atom stereocenters. The van der Waals surface area contributed by atoms with Gasteiger partial charge in [-0.1, -0.05) is 18.5 Å². The average Bonchev–Trinajstić information content (AvgIpc) is 2.34. The van der Waals surface area contributed by atoms with Crippen molar-refractivity contribution in [3.05, 3.63) is 22.7 Å². The smallest absolute Gasteiger partial charge is 0.179 e. The Morgan fingerprint density at radius 3 is 2.53 bits per heavy atom. The molecule has 0 saturated carbocycles. The minimum atomic E-state index is 0.488. The van der Waals surface area contributed by atoms with E-state index in [0.29, 0.717) is 22.6 Å². The lowest BCUT2D eigenvalue weighted by molar-refractivity contribution is 0.354. The predicted octanol–water partition coefficient (Wildman–Crippen LogP) is 3.25. The number of rotatable bonds is 6. The molecule has 0 amide bonds. The van der Waals surface area contributed by atoms with E-state index in [1.807, 2.05) is 12.1 Å². The van der Waals surface area contributed by atoms with Crippen LogP contribution in [0.4, 0.5) is 0 Å². The van der Waals surface area contributed by atoms with Crippen molar-refractivity contribution in [3.63, 3.8) is 0 Å². The zero-order valence-electron chi connectivity index (χ0n) is 10.8. The van der Waals surface area contributed by atoms with Gasteiger partial charge in [0.05, 0.1) is 19.2 Å². The van der Waals surface area contributed by atoms with E-state index in [9.17, 15) is 0 Å². The number of benzene rings is 1. The summed E-state index contributed by atoms with van der Waals surface area (Å²) >= 11 is 6.13. The summed E-state index contributed by atoms with van der Waals surface area (Å²) in [5.74, 6) is 1.25. The van der Waals surface area contributed by atoms with Gasteiger partial charge >= 0.3 is 0 Å². The summed E-state index contributed by atoms with van der Waals surface area (Å²) in [6, 6.07) is 4.33. The third kappa shape index (κ3) is 3.79. The van der Waals surface area contributed by atoms with Crippen LogP contribution < -0.4 is 14.8 Å². The third-order valence-corrected chi connectivity index (χ3v) is 3.04. The lowest BCUT2D eigenvalue weighted by atomic mass is 10.1. The molecule has 1 N–H and O–H groups in total. The molecule has 1 aromatic rings. The van der Waals surface area contributed by atoms with Gasteiger partial charge in [-0.15, -0.1) is 0 Å². The van der Waals surface area contributed by atoms with Crippen LogP contribution in [0.5, 0.6) is 11.5 Å². The van der Waals surface area contributed by atoms with Crippen LogP contribution in [-0.4, -0.2) is 20.3 Å². The zero-order chi connectivity index (χ0) is 12.8. The summed E-state index contributed by atoms with van der Waals surface area (Å²) in [4.78, 5) is 0. The molecule has 0 saturated heterocycles. The summed E-state index contributed by atoms with van der Waals surface area (Å²) in [7, 11) is 3.20. The molecule has 4 heteroatoms. The van der Waals surface area contributed by atoms with Crippen molar-refractivity contribution in [2.75, 3.05) is 14.2 Å². The van der Waals surface area contributed by atoms with Crippen LogP contribution in [0.1, 0.15) is 25.8 Å². The van der Waals surface area contributed by atoms with Crippen molar-refractivity contribution in [1.82, 2.24) is 5.32 Å². The van der Waals surface area contributed by atoms with Gasteiger partial charge in [0, 0.05) is 12.6 Å². The minimum Gasteiger partial charge on any atom is -0.493 e. The molecule has 0 fully saturated rings. The van der Waals surface area contributed by atoms with E-state index < -0.39 is 0 Å². The molecule has 1 unspecified atom stereocenters. The zero-order valence-corrected chi connectivity index (χ0v) is 11.6. The first-order chi connectivity index (χ1) is 8.12. The van der Waals surface area contributed by atoms with Gasteiger partial charge in [-0.3, -0.25) is 0 Å². The maximum atomic E-state index is 6.13. The second-order valence-electron chi connectivity index (χ2n) is 4.00. The molecule has 3 nitrogen and oxygen atoms in total. The lowest BCUT2D eigenvalue weighted by Crippen LogP contribution is -2.24. The van der Waals surface area contributed by atoms with Crippen LogP contribution in [0.15, 0.2) is 12.1 Å². The second-order valence-corrected chi connectivity index (χ2v) is 4.41. The van der Waals surface area contributed by atoms with Crippen LogP contribution in [0.25, 0.3) is 0 Å². The average molecular weight is 258 g/mol. The fraction of sp³-hybridized carbons (Fsp3) is 0.538. The van der Waals surface area contributed by atoms with Crippen LogP contribution >= 0.6 is 11.6 Å². The molecular formula is C13H20ClNO2. The Morgan fingerprint density at radius 2 is 2.00 bits per heavy atom. The fourth-order valence-electron chi connectivity index (χ4n) is 1.51. The number of nitrogens with one attached hydrogen (secondary N) is 1. The first-order valence-corrected chi connectivity index (χ1v) is 6.13. The summed E-state index contributed by atoms with van der Waals surface area (Å²) in [6.45, 7) is 5.08. The first-order valence-electron chi connectivity index (χ1n) is 5.76. The van der Waals surface area contributed by atoms with Gasteiger partial charge in [0.1, 0.15) is 0 Å². The molecule has 0 aromatic heterocycles. The molecule has 0 spiro atoms. The Labute approximate surface area is 108 Å². The van der Waals surface area contributed by atoms with E-state index in [4.69, 9.17) is 21.1 Å². The van der Waals surface area contributed by atoms with Gasteiger partial charge in [-0.25, -0.2) is 0 Å². The first kappa shape index (κ1) is 14.1. The Balaban J connectivity index is 2.84. The summed E-state index contributed by atoms with van der Waals surface area (Å²) in [5.41, 5.74) is 1.09. The summed E-state index contributed by atoms with van der Waals surface area (Å²) in [6.07, 6.45) is 1.10. The van der Waals surface area contributed by atoms with Gasteiger partial charge in [0.15, 0.2) is 11.5 Å². The van der Waals surface area contributed by atoms with E-state index in [0.717, 1.165) is 18.5 Å². The van der Waals surface area contributed by atoms with Crippen molar-refractivity contribution >= 4 is 11.6 Å². The number of hydrogen-bond donors (Lipinski definition) is 1. The third-order valence-electron chi connectivity index (χ3n) is 2.76. The van der Waals surface area contributed by atoms with Crippen molar-refractivity contribution in [2.24, 2.45) is 0 Å². The second kappa shape index (κ2) is 6.72. The SMILES string of the molecule is CCC(C)NCc1cc(Cl)c(OC)c(OC)c1. The molecule has 1 rings (SSSR count). The van der Waals surface area contributed by atoms with Crippen molar-refractivity contribution in [3.8, 4) is 11.5 Å². The molecule has 0 aliphatic rings. The highest BCUT2D eigenvalue weighted by Crippen LogP contribution is 2.35. The van der Waals surface area contributed by atoms with E-state index in [1.165, 1.54) is 0 Å². The molecule has 0 heterocycles. The standard InChI is InChI=1S/C13H20ClNO2/c1-5-9(2)15-8-10-6-11(14)13(17-4)12(7-10)16-3/h6-7,9,15H,5,8H2,1-4H3. The fourth-order valence-corrected chi connectivity index (χ4v) is 1.82. The predicted molar refractivity (Wildman–Crippen MR) is 71.1 cm³/mol. The van der Waals surface area contributed by atoms with Crippen LogP contribution in [0, 0.1) is 0 Å². The molecule has 0 bridgehead atoms. The maximum Gasteiger partial charge on any atom is 0.179 e. The Morgan fingerprint density at radius 1 is 1.29 bits per heavy atom. The van der Waals surface area contributed by atoms with Gasteiger partial charge in [0.2, 0.25) is 0 Å². The maximum absolute atomic E-state index is 6.13. The minimum absolute atomic E-state index is 0.488. The largest absolute Gasteiger partial charge is 0.493 e. The molecule has 17 heavy (non-hydrogen) atoms. The summed E-state index contributed by atoms with van der Waals surface area (Å²) < 4.78 is 10.4.